The molecule has 0 spiro atoms. The summed E-state index contributed by atoms with van der Waals surface area (Å²) in [6.07, 6.45) is 3.04. The number of ether oxygens (including phenoxy) is 1. The molecule has 1 aromatic carbocycles. The van der Waals surface area contributed by atoms with Crippen molar-refractivity contribution in [3.8, 4) is 5.75 Å². The monoisotopic (exact) mass is 232 g/mol. The van der Waals surface area contributed by atoms with Crippen LogP contribution in [0.15, 0.2) is 18.2 Å². The molecule has 2 rings (SSSR count). The van der Waals surface area contributed by atoms with Crippen molar-refractivity contribution in [2.75, 3.05) is 0 Å². The van der Waals surface area contributed by atoms with Crippen molar-refractivity contribution >= 4 is 6.29 Å². The van der Waals surface area contributed by atoms with Gasteiger partial charge in [-0.15, -0.1) is 0 Å². The predicted octanol–water partition coefficient (Wildman–Crippen LogP) is 3.27. The van der Waals surface area contributed by atoms with Gasteiger partial charge in [0.05, 0.1) is 0 Å². The van der Waals surface area contributed by atoms with Crippen molar-refractivity contribution in [1.82, 2.24) is 0 Å². The molecule has 0 unspecified atom stereocenters. The van der Waals surface area contributed by atoms with Gasteiger partial charge in [-0.05, 0) is 57.7 Å². The molecule has 1 heterocycles. The summed E-state index contributed by atoms with van der Waals surface area (Å²) in [6, 6.07) is 6.10. The van der Waals surface area contributed by atoms with E-state index in [4.69, 9.17) is 4.74 Å². The fraction of sp³-hybridized carbons (Fsp3) is 0.533. The summed E-state index contributed by atoms with van der Waals surface area (Å²) < 4.78 is 5.93. The van der Waals surface area contributed by atoms with E-state index >= 15 is 0 Å². The van der Waals surface area contributed by atoms with Crippen molar-refractivity contribution in [1.29, 1.82) is 0 Å². The first-order valence-electron chi connectivity index (χ1n) is 6.13. The third-order valence-corrected chi connectivity index (χ3v) is 3.48. The van der Waals surface area contributed by atoms with Gasteiger partial charge in [-0.1, -0.05) is 12.1 Å². The van der Waals surface area contributed by atoms with Crippen molar-refractivity contribution in [3.05, 3.63) is 29.3 Å². The van der Waals surface area contributed by atoms with Gasteiger partial charge in [0, 0.05) is 5.41 Å². The average molecular weight is 232 g/mol. The highest BCUT2D eigenvalue weighted by atomic mass is 16.5. The zero-order valence-electron chi connectivity index (χ0n) is 11.0. The largest absolute Gasteiger partial charge is 0.488 e. The van der Waals surface area contributed by atoms with Crippen LogP contribution in [0, 0.1) is 0 Å². The molecule has 0 amide bonds. The SMILES string of the molecule is CC1(C)CCc2cc(C(C)(C)C=O)ccc2O1. The average Bonchev–Trinajstić information content (AvgIpc) is 2.27. The van der Waals surface area contributed by atoms with Crippen LogP contribution in [0.1, 0.15) is 45.2 Å². The van der Waals surface area contributed by atoms with E-state index in [2.05, 4.69) is 19.9 Å². The van der Waals surface area contributed by atoms with Gasteiger partial charge in [-0.3, -0.25) is 0 Å². The van der Waals surface area contributed by atoms with Gasteiger partial charge >= 0.3 is 0 Å². The highest BCUT2D eigenvalue weighted by Gasteiger charge is 2.28. The quantitative estimate of drug-likeness (QED) is 0.731. The standard InChI is InChI=1S/C15H20O2/c1-14(2,10-16)12-5-6-13-11(9-12)7-8-15(3,4)17-13/h5-6,9-10H,7-8H2,1-4H3. The number of rotatable bonds is 2. The van der Waals surface area contributed by atoms with E-state index in [0.717, 1.165) is 30.4 Å². The van der Waals surface area contributed by atoms with Crippen LogP contribution >= 0.6 is 0 Å². The summed E-state index contributed by atoms with van der Waals surface area (Å²) in [5, 5.41) is 0. The summed E-state index contributed by atoms with van der Waals surface area (Å²) >= 11 is 0. The highest BCUT2D eigenvalue weighted by molar-refractivity contribution is 5.67. The molecule has 17 heavy (non-hydrogen) atoms. The molecule has 1 aliphatic rings. The third kappa shape index (κ3) is 2.36. The lowest BCUT2D eigenvalue weighted by Crippen LogP contribution is -2.32. The Morgan fingerprint density at radius 1 is 1.35 bits per heavy atom. The Morgan fingerprint density at radius 3 is 2.71 bits per heavy atom. The molecule has 0 N–H and O–H groups in total. The van der Waals surface area contributed by atoms with Crippen LogP contribution < -0.4 is 4.74 Å². The van der Waals surface area contributed by atoms with Gasteiger partial charge in [0.25, 0.3) is 0 Å². The van der Waals surface area contributed by atoms with Gasteiger partial charge < -0.3 is 9.53 Å². The lowest BCUT2D eigenvalue weighted by Gasteiger charge is -2.33. The molecule has 0 saturated heterocycles. The summed E-state index contributed by atoms with van der Waals surface area (Å²) in [5.74, 6) is 0.965. The minimum absolute atomic E-state index is 0.0747. The molecule has 0 aromatic heterocycles. The first kappa shape index (κ1) is 12.2. The van der Waals surface area contributed by atoms with E-state index in [1.54, 1.807) is 0 Å². The van der Waals surface area contributed by atoms with E-state index in [9.17, 15) is 4.79 Å². The van der Waals surface area contributed by atoms with Crippen LogP contribution in [0.3, 0.4) is 0 Å². The minimum Gasteiger partial charge on any atom is -0.488 e. The predicted molar refractivity (Wildman–Crippen MR) is 68.6 cm³/mol. The molecule has 2 heteroatoms. The second kappa shape index (κ2) is 3.86. The topological polar surface area (TPSA) is 26.3 Å². The number of aldehydes is 1. The smallest absolute Gasteiger partial charge is 0.129 e. The second-order valence-corrected chi connectivity index (χ2v) is 6.02. The van der Waals surface area contributed by atoms with E-state index < -0.39 is 5.41 Å². The van der Waals surface area contributed by atoms with Crippen molar-refractivity contribution in [2.45, 2.75) is 51.6 Å². The van der Waals surface area contributed by atoms with E-state index in [-0.39, 0.29) is 5.60 Å². The molecule has 0 radical (unpaired) electrons. The molecule has 1 aliphatic heterocycles. The van der Waals surface area contributed by atoms with Crippen LogP contribution in [0.2, 0.25) is 0 Å². The maximum Gasteiger partial charge on any atom is 0.129 e. The van der Waals surface area contributed by atoms with Gasteiger partial charge in [-0.2, -0.15) is 0 Å². The molecule has 0 fully saturated rings. The van der Waals surface area contributed by atoms with Crippen molar-refractivity contribution < 1.29 is 9.53 Å². The number of carbonyl (C=O) groups excluding carboxylic acids is 1. The first-order valence-corrected chi connectivity index (χ1v) is 6.13. The zero-order chi connectivity index (χ0) is 12.7. The number of hydrogen-bond acceptors (Lipinski definition) is 2. The Bertz CT molecular complexity index is 444. The third-order valence-electron chi connectivity index (χ3n) is 3.48. The second-order valence-electron chi connectivity index (χ2n) is 6.02. The number of benzene rings is 1. The maximum atomic E-state index is 11.1. The van der Waals surface area contributed by atoms with Crippen LogP contribution in [0.5, 0.6) is 5.75 Å². The number of hydrogen-bond donors (Lipinski definition) is 0. The molecular formula is C15H20O2. The zero-order valence-corrected chi connectivity index (χ0v) is 11.0. The Hall–Kier alpha value is -1.31. The normalized spacial score (nSPS) is 18.1. The summed E-state index contributed by atoms with van der Waals surface area (Å²) in [4.78, 5) is 11.1. The van der Waals surface area contributed by atoms with E-state index in [0.29, 0.717) is 0 Å². The van der Waals surface area contributed by atoms with E-state index in [1.165, 1.54) is 5.56 Å². The Labute approximate surface area is 103 Å². The van der Waals surface area contributed by atoms with Crippen molar-refractivity contribution in [3.63, 3.8) is 0 Å². The maximum absolute atomic E-state index is 11.1. The molecule has 92 valence electrons. The van der Waals surface area contributed by atoms with Gasteiger partial charge in [-0.25, -0.2) is 0 Å². The lowest BCUT2D eigenvalue weighted by atomic mass is 9.84. The molecule has 0 saturated carbocycles. The molecule has 0 bridgehead atoms. The molecule has 1 aromatic rings. The molecule has 0 atom stereocenters. The van der Waals surface area contributed by atoms with Crippen LogP contribution in [0.25, 0.3) is 0 Å². The molecule has 2 nitrogen and oxygen atoms in total. The summed E-state index contributed by atoms with van der Waals surface area (Å²) in [5.41, 5.74) is 1.79. The molecule has 0 aliphatic carbocycles. The van der Waals surface area contributed by atoms with Crippen LogP contribution in [-0.4, -0.2) is 11.9 Å². The van der Waals surface area contributed by atoms with Crippen molar-refractivity contribution in [2.24, 2.45) is 0 Å². The molecular weight excluding hydrogens is 212 g/mol. The fourth-order valence-corrected chi connectivity index (χ4v) is 2.13. The number of carbonyl (C=O) groups is 1. The Kier molecular flexibility index (Phi) is 2.76. The lowest BCUT2D eigenvalue weighted by molar-refractivity contribution is -0.111. The Morgan fingerprint density at radius 2 is 2.06 bits per heavy atom. The minimum atomic E-state index is -0.415. The summed E-state index contributed by atoms with van der Waals surface area (Å²) in [7, 11) is 0. The van der Waals surface area contributed by atoms with Gasteiger partial charge in [0.2, 0.25) is 0 Å². The summed E-state index contributed by atoms with van der Waals surface area (Å²) in [6.45, 7) is 8.10. The highest BCUT2D eigenvalue weighted by Crippen LogP contribution is 2.35. The van der Waals surface area contributed by atoms with Crippen LogP contribution in [-0.2, 0) is 16.6 Å². The fourth-order valence-electron chi connectivity index (χ4n) is 2.13. The van der Waals surface area contributed by atoms with Crippen LogP contribution in [0.4, 0.5) is 0 Å². The number of fused-ring (bicyclic) bond motifs is 1. The van der Waals surface area contributed by atoms with Gasteiger partial charge in [0.1, 0.15) is 17.6 Å². The first-order chi connectivity index (χ1) is 7.84. The Balaban J connectivity index is 2.37. The van der Waals surface area contributed by atoms with Gasteiger partial charge in [0.15, 0.2) is 0 Å². The van der Waals surface area contributed by atoms with E-state index in [1.807, 2.05) is 26.0 Å². The number of aryl methyl sites for hydroxylation is 1.